The van der Waals surface area contributed by atoms with Crippen LogP contribution in [0.2, 0.25) is 0 Å². The molecule has 0 aliphatic rings. The summed E-state index contributed by atoms with van der Waals surface area (Å²) in [6.45, 7) is 1.86. The smallest absolute Gasteiger partial charge is 0.397 e. The molecule has 0 atom stereocenters. The molecule has 0 unspecified atom stereocenters. The van der Waals surface area contributed by atoms with E-state index in [1.807, 2.05) is 6.92 Å². The lowest BCUT2D eigenvalue weighted by Gasteiger charge is -2.07. The lowest BCUT2D eigenvalue weighted by Crippen LogP contribution is -2.05. The molecule has 100 valence electrons. The molecule has 0 saturated carbocycles. The number of nitrogens with zero attached hydrogens (tertiary/aromatic N) is 2. The van der Waals surface area contributed by atoms with Gasteiger partial charge >= 0.3 is 6.18 Å². The number of alkyl halides is 3. The number of pyridine rings is 2. The van der Waals surface area contributed by atoms with Crippen molar-refractivity contribution in [3.05, 3.63) is 41.7 Å². The summed E-state index contributed by atoms with van der Waals surface area (Å²) in [6, 6.07) is 4.04. The Morgan fingerprint density at radius 2 is 1.89 bits per heavy atom. The zero-order chi connectivity index (χ0) is 14.0. The first-order chi connectivity index (χ1) is 8.86. The Morgan fingerprint density at radius 3 is 2.42 bits per heavy atom. The molecular weight excluding hydrogens is 275 g/mol. The molecule has 0 saturated heterocycles. The van der Waals surface area contributed by atoms with Gasteiger partial charge in [-0.1, -0.05) is 0 Å². The average Bonchev–Trinajstić information content (AvgIpc) is 2.32. The number of aryl methyl sites for hydroxylation is 1. The fourth-order valence-electron chi connectivity index (χ4n) is 1.37. The predicted molar refractivity (Wildman–Crippen MR) is 66.7 cm³/mol. The largest absolute Gasteiger partial charge is 0.417 e. The van der Waals surface area contributed by atoms with Crippen molar-refractivity contribution in [2.75, 3.05) is 5.73 Å². The van der Waals surface area contributed by atoms with Gasteiger partial charge in [0.25, 0.3) is 0 Å². The van der Waals surface area contributed by atoms with Gasteiger partial charge in [0.1, 0.15) is 10.1 Å². The number of nitrogen functional groups attached to an aromatic ring is 1. The number of rotatable bonds is 2. The summed E-state index contributed by atoms with van der Waals surface area (Å²) in [5, 5.41) is 0.939. The second kappa shape index (κ2) is 5.08. The predicted octanol–water partition coefficient (Wildman–Crippen LogP) is 3.54. The van der Waals surface area contributed by atoms with Crippen LogP contribution in [0.3, 0.4) is 0 Å². The molecule has 0 bridgehead atoms. The van der Waals surface area contributed by atoms with Crippen LogP contribution in [0, 0.1) is 6.92 Å². The highest BCUT2D eigenvalue weighted by atomic mass is 32.2. The SMILES string of the molecule is Cc1cnc(Sc2ccc(C(F)(F)F)cn2)c(N)c1. The fourth-order valence-corrected chi connectivity index (χ4v) is 2.09. The molecule has 0 radical (unpaired) electrons. The highest BCUT2D eigenvalue weighted by Gasteiger charge is 2.30. The van der Waals surface area contributed by atoms with Gasteiger partial charge in [0, 0.05) is 12.4 Å². The van der Waals surface area contributed by atoms with Crippen molar-refractivity contribution in [1.29, 1.82) is 0 Å². The maximum absolute atomic E-state index is 12.4. The van der Waals surface area contributed by atoms with E-state index in [1.165, 1.54) is 6.07 Å². The Kier molecular flexibility index (Phi) is 3.66. The molecule has 0 aliphatic carbocycles. The van der Waals surface area contributed by atoms with Crippen LogP contribution in [0.1, 0.15) is 11.1 Å². The number of hydrogen-bond donors (Lipinski definition) is 1. The summed E-state index contributed by atoms with van der Waals surface area (Å²) < 4.78 is 37.1. The van der Waals surface area contributed by atoms with Crippen molar-refractivity contribution in [3.63, 3.8) is 0 Å². The zero-order valence-electron chi connectivity index (χ0n) is 9.90. The summed E-state index contributed by atoms with van der Waals surface area (Å²) in [5.74, 6) is 0. The van der Waals surface area contributed by atoms with Crippen LogP contribution in [0.4, 0.5) is 18.9 Å². The highest BCUT2D eigenvalue weighted by Crippen LogP contribution is 2.32. The summed E-state index contributed by atoms with van der Waals surface area (Å²) in [6.07, 6.45) is -1.94. The van der Waals surface area contributed by atoms with Crippen molar-refractivity contribution in [2.24, 2.45) is 0 Å². The van der Waals surface area contributed by atoms with E-state index >= 15 is 0 Å². The van der Waals surface area contributed by atoms with E-state index in [-0.39, 0.29) is 0 Å². The quantitative estimate of drug-likeness (QED) is 0.917. The fraction of sp³-hybridized carbons (Fsp3) is 0.167. The van der Waals surface area contributed by atoms with E-state index in [4.69, 9.17) is 5.73 Å². The molecule has 0 aromatic carbocycles. The van der Waals surface area contributed by atoms with Gasteiger partial charge in [-0.15, -0.1) is 0 Å². The van der Waals surface area contributed by atoms with Gasteiger partial charge in [-0.05, 0) is 42.4 Å². The van der Waals surface area contributed by atoms with Gasteiger partial charge in [0.05, 0.1) is 11.3 Å². The van der Waals surface area contributed by atoms with Crippen molar-refractivity contribution in [3.8, 4) is 0 Å². The standard InChI is InChI=1S/C12H10F3N3S/c1-7-4-9(16)11(18-5-7)19-10-3-2-8(6-17-10)12(13,14)15/h2-6H,16H2,1H3. The maximum Gasteiger partial charge on any atom is 0.417 e. The molecule has 7 heteroatoms. The number of aromatic nitrogens is 2. The minimum atomic E-state index is -4.38. The summed E-state index contributed by atoms with van der Waals surface area (Å²) in [7, 11) is 0. The molecule has 2 heterocycles. The van der Waals surface area contributed by atoms with Crippen LogP contribution in [-0.4, -0.2) is 9.97 Å². The minimum Gasteiger partial charge on any atom is -0.397 e. The molecule has 2 aromatic rings. The molecule has 2 N–H and O–H groups in total. The molecule has 2 rings (SSSR count). The third-order valence-corrected chi connectivity index (χ3v) is 3.27. The lowest BCUT2D eigenvalue weighted by molar-refractivity contribution is -0.137. The molecule has 0 aliphatic heterocycles. The lowest BCUT2D eigenvalue weighted by atomic mass is 10.3. The monoisotopic (exact) mass is 285 g/mol. The van der Waals surface area contributed by atoms with E-state index in [2.05, 4.69) is 9.97 Å². The van der Waals surface area contributed by atoms with E-state index < -0.39 is 11.7 Å². The van der Waals surface area contributed by atoms with Crippen LogP contribution in [-0.2, 0) is 6.18 Å². The van der Waals surface area contributed by atoms with Gasteiger partial charge in [0.15, 0.2) is 0 Å². The van der Waals surface area contributed by atoms with Gasteiger partial charge in [-0.2, -0.15) is 13.2 Å². The van der Waals surface area contributed by atoms with Crippen molar-refractivity contribution < 1.29 is 13.2 Å². The molecule has 19 heavy (non-hydrogen) atoms. The molecule has 2 aromatic heterocycles. The molecule has 0 fully saturated rings. The highest BCUT2D eigenvalue weighted by molar-refractivity contribution is 7.99. The summed E-state index contributed by atoms with van der Waals surface area (Å²) >= 11 is 1.13. The van der Waals surface area contributed by atoms with Crippen molar-refractivity contribution in [1.82, 2.24) is 9.97 Å². The number of hydrogen-bond acceptors (Lipinski definition) is 4. The number of anilines is 1. The Bertz CT molecular complexity index is 582. The van der Waals surface area contributed by atoms with E-state index in [0.29, 0.717) is 15.7 Å². The first-order valence-electron chi connectivity index (χ1n) is 5.29. The Balaban J connectivity index is 2.20. The van der Waals surface area contributed by atoms with Gasteiger partial charge in [-0.25, -0.2) is 9.97 Å². The molecular formula is C12H10F3N3S. The van der Waals surface area contributed by atoms with Crippen LogP contribution in [0.15, 0.2) is 40.6 Å². The van der Waals surface area contributed by atoms with E-state index in [1.54, 1.807) is 12.3 Å². The average molecular weight is 285 g/mol. The first kappa shape index (κ1) is 13.7. The second-order valence-corrected chi connectivity index (χ2v) is 4.90. The van der Waals surface area contributed by atoms with Crippen LogP contribution in [0.25, 0.3) is 0 Å². The zero-order valence-corrected chi connectivity index (χ0v) is 10.7. The molecule has 0 spiro atoms. The second-order valence-electron chi connectivity index (χ2n) is 3.89. The maximum atomic E-state index is 12.4. The van der Waals surface area contributed by atoms with Gasteiger partial charge in [0.2, 0.25) is 0 Å². The Labute approximate surface area is 112 Å². The van der Waals surface area contributed by atoms with E-state index in [9.17, 15) is 13.2 Å². The van der Waals surface area contributed by atoms with Crippen molar-refractivity contribution >= 4 is 17.4 Å². The van der Waals surface area contributed by atoms with Crippen LogP contribution >= 0.6 is 11.8 Å². The third-order valence-electron chi connectivity index (χ3n) is 2.28. The van der Waals surface area contributed by atoms with E-state index in [0.717, 1.165) is 29.6 Å². The number of halogens is 3. The van der Waals surface area contributed by atoms with Crippen LogP contribution in [0.5, 0.6) is 0 Å². The Morgan fingerprint density at radius 1 is 1.16 bits per heavy atom. The van der Waals surface area contributed by atoms with Gasteiger partial charge in [-0.3, -0.25) is 0 Å². The third kappa shape index (κ3) is 3.37. The summed E-state index contributed by atoms with van der Waals surface area (Å²) in [5.41, 5.74) is 6.40. The molecule has 0 amide bonds. The Hall–Kier alpha value is -1.76. The topological polar surface area (TPSA) is 51.8 Å². The summed E-state index contributed by atoms with van der Waals surface area (Å²) in [4.78, 5) is 7.87. The normalized spacial score (nSPS) is 11.6. The van der Waals surface area contributed by atoms with Gasteiger partial charge < -0.3 is 5.73 Å². The number of nitrogens with two attached hydrogens (primary N) is 1. The minimum absolute atomic E-state index is 0.413. The first-order valence-corrected chi connectivity index (χ1v) is 6.11. The molecule has 3 nitrogen and oxygen atoms in total. The van der Waals surface area contributed by atoms with Crippen LogP contribution < -0.4 is 5.73 Å². The van der Waals surface area contributed by atoms with Crippen molar-refractivity contribution in [2.45, 2.75) is 23.2 Å².